The van der Waals surface area contributed by atoms with Crippen LogP contribution in [0.3, 0.4) is 0 Å². The van der Waals surface area contributed by atoms with E-state index in [1.165, 1.54) is 12.8 Å². The fraction of sp³-hybridized carbons (Fsp3) is 0.615. The third-order valence-electron chi connectivity index (χ3n) is 3.83. The van der Waals surface area contributed by atoms with E-state index in [2.05, 4.69) is 19.2 Å². The maximum atomic E-state index is 4.73. The number of nitrogens with zero attached hydrogens (tertiary/aromatic N) is 5. The molecule has 0 unspecified atom stereocenters. The van der Waals surface area contributed by atoms with Crippen molar-refractivity contribution in [3.8, 4) is 0 Å². The largest absolute Gasteiger partial charge is 0.346 e. The highest BCUT2D eigenvalue weighted by Crippen LogP contribution is 2.39. The summed E-state index contributed by atoms with van der Waals surface area (Å²) < 4.78 is 4.52. The van der Waals surface area contributed by atoms with Crippen LogP contribution in [0.1, 0.15) is 31.0 Å². The molecule has 20 heavy (non-hydrogen) atoms. The van der Waals surface area contributed by atoms with Crippen molar-refractivity contribution in [1.29, 1.82) is 0 Å². The molecule has 1 aliphatic carbocycles. The molecule has 3 heterocycles. The van der Waals surface area contributed by atoms with E-state index in [1.54, 1.807) is 22.9 Å². The minimum Gasteiger partial charge on any atom is -0.346 e. The molecule has 0 N–H and O–H groups in total. The van der Waals surface area contributed by atoms with Gasteiger partial charge in [-0.15, -0.1) is 11.3 Å². The van der Waals surface area contributed by atoms with Gasteiger partial charge < -0.3 is 9.80 Å². The summed E-state index contributed by atoms with van der Waals surface area (Å²) in [6, 6.07) is 0. The molecule has 0 radical (unpaired) electrons. The molecule has 1 saturated carbocycles. The predicted molar refractivity (Wildman–Crippen MR) is 83.0 cm³/mol. The van der Waals surface area contributed by atoms with Gasteiger partial charge in [0.25, 0.3) is 0 Å². The van der Waals surface area contributed by atoms with Crippen LogP contribution in [-0.4, -0.2) is 40.5 Å². The van der Waals surface area contributed by atoms with Crippen LogP contribution >= 0.6 is 22.9 Å². The number of thiazole rings is 1. The van der Waals surface area contributed by atoms with E-state index in [0.29, 0.717) is 5.92 Å². The summed E-state index contributed by atoms with van der Waals surface area (Å²) in [5, 5.41) is 4.29. The van der Waals surface area contributed by atoms with Gasteiger partial charge in [0.15, 0.2) is 5.13 Å². The van der Waals surface area contributed by atoms with Crippen molar-refractivity contribution >= 4 is 33.1 Å². The quantitative estimate of drug-likeness (QED) is 0.872. The van der Waals surface area contributed by atoms with Crippen LogP contribution in [0.4, 0.5) is 10.3 Å². The van der Waals surface area contributed by atoms with E-state index in [-0.39, 0.29) is 0 Å². The average Bonchev–Trinajstić information content (AvgIpc) is 3.05. The van der Waals surface area contributed by atoms with Gasteiger partial charge in [0, 0.05) is 55.2 Å². The van der Waals surface area contributed by atoms with E-state index >= 15 is 0 Å². The summed E-state index contributed by atoms with van der Waals surface area (Å²) in [7, 11) is 0. The minimum absolute atomic E-state index is 0.652. The van der Waals surface area contributed by atoms with Crippen LogP contribution in [0.2, 0.25) is 0 Å². The molecule has 1 aliphatic heterocycles. The first-order valence-corrected chi connectivity index (χ1v) is 8.78. The van der Waals surface area contributed by atoms with E-state index in [9.17, 15) is 0 Å². The van der Waals surface area contributed by atoms with Gasteiger partial charge in [-0.1, -0.05) is 0 Å². The number of aromatic nitrogens is 3. The number of anilines is 2. The first-order chi connectivity index (χ1) is 9.90. The van der Waals surface area contributed by atoms with Crippen molar-refractivity contribution < 1.29 is 0 Å². The molecule has 5 nitrogen and oxygen atoms in total. The van der Waals surface area contributed by atoms with Gasteiger partial charge in [0.05, 0.1) is 0 Å². The second-order valence-electron chi connectivity index (χ2n) is 5.35. The molecule has 2 fully saturated rings. The predicted octanol–water partition coefficient (Wildman–Crippen LogP) is 2.59. The fourth-order valence-electron chi connectivity index (χ4n) is 2.53. The molecule has 2 aromatic rings. The molecule has 2 aliphatic rings. The van der Waals surface area contributed by atoms with Crippen molar-refractivity contribution in [2.24, 2.45) is 0 Å². The van der Waals surface area contributed by atoms with Crippen LogP contribution in [0, 0.1) is 0 Å². The van der Waals surface area contributed by atoms with Crippen molar-refractivity contribution in [2.45, 2.75) is 25.2 Å². The Labute approximate surface area is 126 Å². The molecule has 1 saturated heterocycles. The standard InChI is InChI=1S/C13H17N5S2/c1-5-17(12-14-4-9-19-12)7-8-18(6-1)13-15-11(16-20-13)10-2-3-10/h4,9-10H,1-3,5-8H2. The van der Waals surface area contributed by atoms with Gasteiger partial charge in [0.1, 0.15) is 5.82 Å². The van der Waals surface area contributed by atoms with Crippen LogP contribution in [0.5, 0.6) is 0 Å². The van der Waals surface area contributed by atoms with Gasteiger partial charge in [0.2, 0.25) is 5.13 Å². The summed E-state index contributed by atoms with van der Waals surface area (Å²) in [5.41, 5.74) is 0. The second-order valence-corrected chi connectivity index (χ2v) is 6.96. The van der Waals surface area contributed by atoms with E-state index in [1.807, 2.05) is 11.6 Å². The van der Waals surface area contributed by atoms with Gasteiger partial charge in [-0.3, -0.25) is 0 Å². The highest BCUT2D eigenvalue weighted by molar-refractivity contribution is 7.13. The molecular weight excluding hydrogens is 290 g/mol. The maximum Gasteiger partial charge on any atom is 0.205 e. The molecule has 0 spiro atoms. The Bertz CT molecular complexity index is 563. The fourth-order valence-corrected chi connectivity index (χ4v) is 4.03. The number of hydrogen-bond donors (Lipinski definition) is 0. The molecule has 0 bridgehead atoms. The molecule has 4 rings (SSSR count). The van der Waals surface area contributed by atoms with Crippen LogP contribution in [-0.2, 0) is 0 Å². The van der Waals surface area contributed by atoms with Crippen molar-refractivity contribution in [3.63, 3.8) is 0 Å². The third kappa shape index (κ3) is 2.52. The average molecular weight is 307 g/mol. The normalized spacial score (nSPS) is 20.2. The van der Waals surface area contributed by atoms with Gasteiger partial charge in [-0.25, -0.2) is 9.97 Å². The number of rotatable bonds is 3. The number of hydrogen-bond acceptors (Lipinski definition) is 7. The van der Waals surface area contributed by atoms with Crippen molar-refractivity contribution in [1.82, 2.24) is 14.3 Å². The van der Waals surface area contributed by atoms with E-state index in [0.717, 1.165) is 48.7 Å². The molecule has 0 aromatic carbocycles. The topological polar surface area (TPSA) is 45.2 Å². The maximum absolute atomic E-state index is 4.73. The molecule has 0 amide bonds. The summed E-state index contributed by atoms with van der Waals surface area (Å²) in [6.07, 6.45) is 5.58. The monoisotopic (exact) mass is 307 g/mol. The lowest BCUT2D eigenvalue weighted by Crippen LogP contribution is -2.30. The van der Waals surface area contributed by atoms with Crippen LogP contribution < -0.4 is 9.80 Å². The van der Waals surface area contributed by atoms with Crippen molar-refractivity contribution in [2.75, 3.05) is 36.0 Å². The zero-order valence-electron chi connectivity index (χ0n) is 11.2. The van der Waals surface area contributed by atoms with Gasteiger partial charge >= 0.3 is 0 Å². The zero-order chi connectivity index (χ0) is 13.4. The Morgan fingerprint density at radius 3 is 2.55 bits per heavy atom. The van der Waals surface area contributed by atoms with E-state index < -0.39 is 0 Å². The summed E-state index contributed by atoms with van der Waals surface area (Å²) in [5.74, 6) is 1.73. The van der Waals surface area contributed by atoms with E-state index in [4.69, 9.17) is 4.98 Å². The molecule has 7 heteroatoms. The Morgan fingerprint density at radius 1 is 1.05 bits per heavy atom. The Morgan fingerprint density at radius 2 is 1.85 bits per heavy atom. The first-order valence-electron chi connectivity index (χ1n) is 7.13. The smallest absolute Gasteiger partial charge is 0.205 e. The minimum atomic E-state index is 0.652. The highest BCUT2D eigenvalue weighted by Gasteiger charge is 2.29. The molecule has 106 valence electrons. The lowest BCUT2D eigenvalue weighted by molar-refractivity contribution is 0.800. The van der Waals surface area contributed by atoms with Gasteiger partial charge in [-0.05, 0) is 19.3 Å². The molecular formula is C13H17N5S2. The lowest BCUT2D eigenvalue weighted by atomic mass is 10.4. The van der Waals surface area contributed by atoms with Crippen LogP contribution in [0.15, 0.2) is 11.6 Å². The Kier molecular flexibility index (Phi) is 3.31. The van der Waals surface area contributed by atoms with Crippen molar-refractivity contribution in [3.05, 3.63) is 17.4 Å². The van der Waals surface area contributed by atoms with Crippen LogP contribution in [0.25, 0.3) is 0 Å². The third-order valence-corrected chi connectivity index (χ3v) is 5.45. The zero-order valence-corrected chi connectivity index (χ0v) is 12.9. The Hall–Kier alpha value is -1.21. The summed E-state index contributed by atoms with van der Waals surface area (Å²) in [6.45, 7) is 4.18. The Balaban J connectivity index is 1.44. The summed E-state index contributed by atoms with van der Waals surface area (Å²) in [4.78, 5) is 13.9. The SMILES string of the molecule is c1csc(N2CCCN(c3nc(C4CC4)ns3)CC2)n1. The lowest BCUT2D eigenvalue weighted by Gasteiger charge is -2.20. The first kappa shape index (κ1) is 12.5. The highest BCUT2D eigenvalue weighted by atomic mass is 32.1. The molecule has 0 atom stereocenters. The summed E-state index contributed by atoms with van der Waals surface area (Å²) >= 11 is 3.29. The molecule has 2 aromatic heterocycles. The second kappa shape index (κ2) is 5.29. The van der Waals surface area contributed by atoms with Gasteiger partial charge in [-0.2, -0.15) is 4.37 Å².